The molecule has 168 valence electrons. The van der Waals surface area contributed by atoms with Crippen LogP contribution in [0.2, 0.25) is 0 Å². The Bertz CT molecular complexity index is 1060. The second-order valence-corrected chi connectivity index (χ2v) is 9.56. The van der Waals surface area contributed by atoms with Gasteiger partial charge >= 0.3 is 0 Å². The van der Waals surface area contributed by atoms with Gasteiger partial charge in [-0.2, -0.15) is 4.31 Å². The Labute approximate surface area is 183 Å². The maximum absolute atomic E-state index is 13.1. The lowest BCUT2D eigenvalue weighted by molar-refractivity contribution is -0.119. The van der Waals surface area contributed by atoms with E-state index in [9.17, 15) is 18.0 Å². The SMILES string of the molecule is CCN(CC)S(=O)(=O)c1cc(C)c(C)c(NC(=O)C2CCCN2C(=O)c2ccco2)c1. The van der Waals surface area contributed by atoms with Gasteiger partial charge in [-0.3, -0.25) is 9.59 Å². The van der Waals surface area contributed by atoms with E-state index in [1.807, 2.05) is 13.8 Å². The van der Waals surface area contributed by atoms with Gasteiger partial charge in [-0.05, 0) is 62.1 Å². The van der Waals surface area contributed by atoms with Crippen LogP contribution >= 0.6 is 0 Å². The van der Waals surface area contributed by atoms with Gasteiger partial charge in [-0.25, -0.2) is 8.42 Å². The molecule has 1 N–H and O–H groups in total. The molecular weight excluding hydrogens is 418 g/mol. The first-order chi connectivity index (χ1) is 14.7. The lowest BCUT2D eigenvalue weighted by atomic mass is 10.1. The maximum atomic E-state index is 13.1. The summed E-state index contributed by atoms with van der Waals surface area (Å²) in [4.78, 5) is 27.4. The van der Waals surface area contributed by atoms with Gasteiger partial charge in [0, 0.05) is 25.3 Å². The number of likely N-dealkylation sites (tertiary alicyclic amines) is 1. The van der Waals surface area contributed by atoms with Crippen molar-refractivity contribution in [3.63, 3.8) is 0 Å². The molecule has 2 heterocycles. The Balaban J connectivity index is 1.87. The molecule has 1 atom stereocenters. The predicted octanol–water partition coefficient (Wildman–Crippen LogP) is 3.17. The second-order valence-electron chi connectivity index (χ2n) is 7.63. The van der Waals surface area contributed by atoms with Gasteiger partial charge < -0.3 is 14.6 Å². The van der Waals surface area contributed by atoms with Gasteiger partial charge in [0.2, 0.25) is 15.9 Å². The molecule has 2 amide bonds. The van der Waals surface area contributed by atoms with Crippen LogP contribution in [0.5, 0.6) is 0 Å². The Hall–Kier alpha value is -2.65. The number of nitrogens with one attached hydrogen (secondary N) is 1. The standard InChI is InChI=1S/C22H29N3O5S/c1-5-24(6-2)31(28,29)17-13-15(3)16(4)18(14-17)23-21(26)19-9-7-11-25(19)22(27)20-10-8-12-30-20/h8,10,12-14,19H,5-7,9,11H2,1-4H3,(H,23,26). The first-order valence-electron chi connectivity index (χ1n) is 10.5. The number of amides is 2. The summed E-state index contributed by atoms with van der Waals surface area (Å²) in [6, 6.07) is 5.69. The van der Waals surface area contributed by atoms with Crippen molar-refractivity contribution in [1.29, 1.82) is 0 Å². The van der Waals surface area contributed by atoms with Crippen LogP contribution < -0.4 is 5.32 Å². The minimum absolute atomic E-state index is 0.143. The number of benzene rings is 1. The Kier molecular flexibility index (Phi) is 6.86. The van der Waals surface area contributed by atoms with Gasteiger partial charge in [0.25, 0.3) is 5.91 Å². The van der Waals surface area contributed by atoms with Crippen LogP contribution in [0.3, 0.4) is 0 Å². The number of hydrogen-bond acceptors (Lipinski definition) is 5. The van der Waals surface area contributed by atoms with Crippen molar-refractivity contribution in [3.05, 3.63) is 47.4 Å². The number of carbonyl (C=O) groups is 2. The number of hydrogen-bond donors (Lipinski definition) is 1. The van der Waals surface area contributed by atoms with Gasteiger partial charge in [0.05, 0.1) is 11.2 Å². The van der Waals surface area contributed by atoms with Gasteiger partial charge in [0.1, 0.15) is 6.04 Å². The van der Waals surface area contributed by atoms with Crippen LogP contribution in [0.4, 0.5) is 5.69 Å². The maximum Gasteiger partial charge on any atom is 0.290 e. The van der Waals surface area contributed by atoms with Crippen LogP contribution in [-0.4, -0.2) is 55.1 Å². The van der Waals surface area contributed by atoms with E-state index in [4.69, 9.17) is 4.42 Å². The molecule has 1 unspecified atom stereocenters. The lowest BCUT2D eigenvalue weighted by Gasteiger charge is -2.24. The first kappa shape index (κ1) is 23.0. The molecule has 8 nitrogen and oxygen atoms in total. The molecule has 1 aliphatic rings. The highest BCUT2D eigenvalue weighted by molar-refractivity contribution is 7.89. The molecule has 1 aliphatic heterocycles. The topological polar surface area (TPSA) is 99.9 Å². The highest BCUT2D eigenvalue weighted by Crippen LogP contribution is 2.28. The van der Waals surface area contributed by atoms with Crippen LogP contribution in [0.25, 0.3) is 0 Å². The van der Waals surface area contributed by atoms with E-state index in [1.165, 1.54) is 21.5 Å². The average molecular weight is 448 g/mol. The van der Waals surface area contributed by atoms with E-state index in [1.54, 1.807) is 32.0 Å². The zero-order valence-electron chi connectivity index (χ0n) is 18.3. The normalized spacial score (nSPS) is 16.7. The van der Waals surface area contributed by atoms with Crippen molar-refractivity contribution in [2.24, 2.45) is 0 Å². The third-order valence-corrected chi connectivity index (χ3v) is 7.82. The van der Waals surface area contributed by atoms with Gasteiger partial charge in [-0.1, -0.05) is 13.8 Å². The Morgan fingerprint density at radius 1 is 1.23 bits per heavy atom. The van der Waals surface area contributed by atoms with Gasteiger partial charge in [0.15, 0.2) is 5.76 Å². The minimum Gasteiger partial charge on any atom is -0.459 e. The molecule has 2 aromatic rings. The lowest BCUT2D eigenvalue weighted by Crippen LogP contribution is -2.43. The summed E-state index contributed by atoms with van der Waals surface area (Å²) in [5, 5.41) is 2.86. The van der Waals surface area contributed by atoms with Crippen molar-refractivity contribution in [2.45, 2.75) is 51.5 Å². The van der Waals surface area contributed by atoms with Crippen molar-refractivity contribution in [3.8, 4) is 0 Å². The van der Waals surface area contributed by atoms with Gasteiger partial charge in [-0.15, -0.1) is 0 Å². The summed E-state index contributed by atoms with van der Waals surface area (Å²) < 4.78 is 32.5. The number of furan rings is 1. The Morgan fingerprint density at radius 2 is 1.94 bits per heavy atom. The van der Waals surface area contributed by atoms with E-state index in [0.717, 1.165) is 11.1 Å². The van der Waals surface area contributed by atoms with Crippen molar-refractivity contribution in [1.82, 2.24) is 9.21 Å². The monoisotopic (exact) mass is 447 g/mol. The third-order valence-electron chi connectivity index (χ3n) is 5.79. The second kappa shape index (κ2) is 9.23. The highest BCUT2D eigenvalue weighted by atomic mass is 32.2. The summed E-state index contributed by atoms with van der Waals surface area (Å²) in [5.74, 6) is -0.468. The quantitative estimate of drug-likeness (QED) is 0.703. The van der Waals surface area contributed by atoms with Crippen molar-refractivity contribution >= 4 is 27.5 Å². The predicted molar refractivity (Wildman–Crippen MR) is 117 cm³/mol. The molecule has 1 saturated heterocycles. The average Bonchev–Trinajstić information content (AvgIpc) is 3.43. The summed E-state index contributed by atoms with van der Waals surface area (Å²) in [7, 11) is -3.67. The number of rotatable bonds is 7. The fraction of sp³-hybridized carbons (Fsp3) is 0.455. The zero-order valence-corrected chi connectivity index (χ0v) is 19.2. The minimum atomic E-state index is -3.67. The molecule has 0 bridgehead atoms. The smallest absolute Gasteiger partial charge is 0.290 e. The number of aryl methyl sites for hydroxylation is 1. The molecule has 0 radical (unpaired) electrons. The molecule has 1 fully saturated rings. The summed E-state index contributed by atoms with van der Waals surface area (Å²) in [6.45, 7) is 8.41. The summed E-state index contributed by atoms with van der Waals surface area (Å²) >= 11 is 0. The molecule has 0 aliphatic carbocycles. The van der Waals surface area contributed by atoms with E-state index in [2.05, 4.69) is 5.32 Å². The summed E-state index contributed by atoms with van der Waals surface area (Å²) in [5.41, 5.74) is 1.99. The Morgan fingerprint density at radius 3 is 2.55 bits per heavy atom. The number of anilines is 1. The molecule has 9 heteroatoms. The van der Waals surface area contributed by atoms with E-state index < -0.39 is 16.1 Å². The van der Waals surface area contributed by atoms with Crippen LogP contribution in [0.15, 0.2) is 39.8 Å². The molecule has 0 saturated carbocycles. The van der Waals surface area contributed by atoms with Crippen LogP contribution in [-0.2, 0) is 14.8 Å². The van der Waals surface area contributed by atoms with E-state index in [-0.39, 0.29) is 22.5 Å². The third kappa shape index (κ3) is 4.52. The largest absolute Gasteiger partial charge is 0.459 e. The molecule has 1 aromatic carbocycles. The molecular formula is C22H29N3O5S. The first-order valence-corrected chi connectivity index (χ1v) is 11.9. The molecule has 3 rings (SSSR count). The van der Waals surface area contributed by atoms with Crippen LogP contribution in [0, 0.1) is 13.8 Å². The molecule has 0 spiro atoms. The van der Waals surface area contributed by atoms with E-state index >= 15 is 0 Å². The van der Waals surface area contributed by atoms with Crippen LogP contribution in [0.1, 0.15) is 48.4 Å². The van der Waals surface area contributed by atoms with Crippen molar-refractivity contribution in [2.75, 3.05) is 25.0 Å². The van der Waals surface area contributed by atoms with Crippen molar-refractivity contribution < 1.29 is 22.4 Å². The highest BCUT2D eigenvalue weighted by Gasteiger charge is 2.36. The number of carbonyl (C=O) groups excluding carboxylic acids is 2. The number of sulfonamides is 1. The van der Waals surface area contributed by atoms with E-state index in [0.29, 0.717) is 38.2 Å². The molecule has 31 heavy (non-hydrogen) atoms. The fourth-order valence-electron chi connectivity index (χ4n) is 3.86. The molecule has 1 aromatic heterocycles. The fourth-order valence-corrected chi connectivity index (χ4v) is 5.43. The summed E-state index contributed by atoms with van der Waals surface area (Å²) in [6.07, 6.45) is 2.67. The number of nitrogens with zero attached hydrogens (tertiary/aromatic N) is 2. The zero-order chi connectivity index (χ0) is 22.8.